The van der Waals surface area contributed by atoms with E-state index in [9.17, 15) is 9.00 Å². The molecule has 1 aliphatic carbocycles. The van der Waals surface area contributed by atoms with E-state index >= 15 is 0 Å². The molecular weight excluding hydrogens is 446 g/mol. The molecule has 1 unspecified atom stereocenters. The second-order valence-electron chi connectivity index (χ2n) is 9.93. The third kappa shape index (κ3) is 4.73. The fourth-order valence-corrected chi connectivity index (χ4v) is 6.25. The molecule has 1 saturated carbocycles. The summed E-state index contributed by atoms with van der Waals surface area (Å²) in [5.41, 5.74) is 2.19. The maximum atomic E-state index is 13.6. The molecule has 2 amide bonds. The van der Waals surface area contributed by atoms with Crippen molar-refractivity contribution in [1.29, 1.82) is 0 Å². The van der Waals surface area contributed by atoms with Crippen LogP contribution in [0.15, 0.2) is 54.6 Å². The Hall–Kier alpha value is -2.38. The van der Waals surface area contributed by atoms with E-state index in [1.54, 1.807) is 13.4 Å². The van der Waals surface area contributed by atoms with Crippen LogP contribution in [0.1, 0.15) is 36.8 Å². The zero-order valence-electron chi connectivity index (χ0n) is 20.8. The second-order valence-corrected chi connectivity index (χ2v) is 11.5. The zero-order chi connectivity index (χ0) is 24.3. The van der Waals surface area contributed by atoms with Crippen molar-refractivity contribution in [2.45, 2.75) is 43.3 Å². The number of amides is 2. The first kappa shape index (κ1) is 24.7. The average molecular weight is 484 g/mol. The number of carbonyl (C=O) groups is 1. The van der Waals surface area contributed by atoms with Gasteiger partial charge in [-0.1, -0.05) is 42.5 Å². The molecule has 6 nitrogen and oxygen atoms in total. The molecule has 0 N–H and O–H groups in total. The van der Waals surface area contributed by atoms with Crippen molar-refractivity contribution in [2.24, 2.45) is 0 Å². The highest BCUT2D eigenvalue weighted by molar-refractivity contribution is 7.84. The van der Waals surface area contributed by atoms with Gasteiger partial charge in [0.1, 0.15) is 5.75 Å². The summed E-state index contributed by atoms with van der Waals surface area (Å²) < 4.78 is 17.2. The van der Waals surface area contributed by atoms with E-state index in [0.29, 0.717) is 25.4 Å². The third-order valence-corrected chi connectivity index (χ3v) is 8.63. The molecule has 0 aromatic heterocycles. The first-order chi connectivity index (χ1) is 16.3. The highest BCUT2D eigenvalue weighted by Gasteiger charge is 2.54. The first-order valence-corrected chi connectivity index (χ1v) is 13.7. The standard InChI is InChI=1S/C27H37N3O3S/c1-28(2)27(23-8-6-5-7-9-23)16-14-26(15-17-27)21-29(25(31)30(26)18-19-34(4)32)20-22-10-12-24(33-3)13-11-22/h5-13H,14-21H2,1-4H3. The van der Waals surface area contributed by atoms with Gasteiger partial charge in [-0.15, -0.1) is 0 Å². The van der Waals surface area contributed by atoms with Crippen LogP contribution in [0.5, 0.6) is 5.75 Å². The minimum absolute atomic E-state index is 0.0296. The second kappa shape index (κ2) is 10.1. The number of hydrogen-bond donors (Lipinski definition) is 0. The third-order valence-electron chi connectivity index (χ3n) is 7.87. The molecular formula is C27H37N3O3S. The van der Waals surface area contributed by atoms with E-state index in [-0.39, 0.29) is 17.1 Å². The molecule has 1 spiro atoms. The number of rotatable bonds is 8. The van der Waals surface area contributed by atoms with Gasteiger partial charge in [0.25, 0.3) is 0 Å². The lowest BCUT2D eigenvalue weighted by Gasteiger charge is -2.51. The molecule has 1 heterocycles. The minimum Gasteiger partial charge on any atom is -0.497 e. The Labute approximate surface area is 206 Å². The maximum absolute atomic E-state index is 13.6. The fourth-order valence-electron chi connectivity index (χ4n) is 5.81. The molecule has 0 bridgehead atoms. The van der Waals surface area contributed by atoms with Gasteiger partial charge in [0.15, 0.2) is 0 Å². The first-order valence-electron chi connectivity index (χ1n) is 12.0. The van der Waals surface area contributed by atoms with Crippen LogP contribution < -0.4 is 4.74 Å². The van der Waals surface area contributed by atoms with Crippen LogP contribution in [0.25, 0.3) is 0 Å². The van der Waals surface area contributed by atoms with Gasteiger partial charge in [0.05, 0.1) is 12.6 Å². The Bertz CT molecular complexity index is 1000. The molecule has 2 aromatic carbocycles. The molecule has 2 fully saturated rings. The smallest absolute Gasteiger partial charge is 0.320 e. The summed E-state index contributed by atoms with van der Waals surface area (Å²) in [7, 11) is 5.05. The molecule has 1 saturated heterocycles. The van der Waals surface area contributed by atoms with E-state index < -0.39 is 10.8 Å². The van der Waals surface area contributed by atoms with E-state index in [2.05, 4.69) is 49.3 Å². The van der Waals surface area contributed by atoms with Gasteiger partial charge in [-0.3, -0.25) is 9.11 Å². The summed E-state index contributed by atoms with van der Waals surface area (Å²) in [5, 5.41) is 0. The van der Waals surface area contributed by atoms with Gasteiger partial charge in [0.2, 0.25) is 0 Å². The van der Waals surface area contributed by atoms with Gasteiger partial charge >= 0.3 is 6.03 Å². The Morgan fingerprint density at radius 2 is 1.65 bits per heavy atom. The molecule has 34 heavy (non-hydrogen) atoms. The molecule has 2 aliphatic rings. The van der Waals surface area contributed by atoms with Crippen molar-refractivity contribution in [2.75, 3.05) is 46.3 Å². The lowest BCUT2D eigenvalue weighted by Crippen LogP contribution is -2.56. The van der Waals surface area contributed by atoms with E-state index in [4.69, 9.17) is 4.74 Å². The van der Waals surface area contributed by atoms with Crippen molar-refractivity contribution in [1.82, 2.24) is 14.7 Å². The van der Waals surface area contributed by atoms with Crippen LogP contribution >= 0.6 is 0 Å². The number of ether oxygens (including phenoxy) is 1. The lowest BCUT2D eigenvalue weighted by molar-refractivity contribution is 0.0264. The van der Waals surface area contributed by atoms with E-state index in [1.807, 2.05) is 34.1 Å². The van der Waals surface area contributed by atoms with Crippen LogP contribution in [0.4, 0.5) is 4.79 Å². The van der Waals surface area contributed by atoms with Crippen LogP contribution in [-0.2, 0) is 22.9 Å². The Morgan fingerprint density at radius 1 is 1.00 bits per heavy atom. The summed E-state index contributed by atoms with van der Waals surface area (Å²) in [6.07, 6.45) is 5.55. The molecule has 184 valence electrons. The van der Waals surface area contributed by atoms with Crippen LogP contribution in [0, 0.1) is 0 Å². The molecule has 2 aromatic rings. The Kier molecular flexibility index (Phi) is 7.33. The summed E-state index contributed by atoms with van der Waals surface area (Å²) in [5.74, 6) is 1.33. The normalized spacial score (nSPS) is 25.9. The van der Waals surface area contributed by atoms with Gasteiger partial charge in [-0.25, -0.2) is 4.79 Å². The number of urea groups is 1. The van der Waals surface area contributed by atoms with Gasteiger partial charge < -0.3 is 14.5 Å². The van der Waals surface area contributed by atoms with Crippen molar-refractivity contribution >= 4 is 16.8 Å². The molecule has 1 atom stereocenters. The Morgan fingerprint density at radius 3 is 2.21 bits per heavy atom. The average Bonchev–Trinajstić information content (AvgIpc) is 3.09. The number of hydrogen-bond acceptors (Lipinski definition) is 4. The predicted octanol–water partition coefficient (Wildman–Crippen LogP) is 4.08. The van der Waals surface area contributed by atoms with Gasteiger partial charge in [-0.2, -0.15) is 0 Å². The molecule has 7 heteroatoms. The van der Waals surface area contributed by atoms with Crippen molar-refractivity contribution in [3.8, 4) is 5.75 Å². The van der Waals surface area contributed by atoms with Crippen molar-refractivity contribution < 1.29 is 13.7 Å². The molecule has 4 rings (SSSR count). The quantitative estimate of drug-likeness (QED) is 0.568. The zero-order valence-corrected chi connectivity index (χ0v) is 21.6. The van der Waals surface area contributed by atoms with Crippen LogP contribution in [0.3, 0.4) is 0 Å². The lowest BCUT2D eigenvalue weighted by atomic mass is 9.68. The molecule has 0 radical (unpaired) electrons. The summed E-state index contributed by atoms with van der Waals surface area (Å²) >= 11 is 0. The highest BCUT2D eigenvalue weighted by Crippen LogP contribution is 2.49. The highest BCUT2D eigenvalue weighted by atomic mass is 32.2. The van der Waals surface area contributed by atoms with Crippen molar-refractivity contribution in [3.63, 3.8) is 0 Å². The Balaban J connectivity index is 1.58. The number of benzene rings is 2. The maximum Gasteiger partial charge on any atom is 0.320 e. The van der Waals surface area contributed by atoms with Gasteiger partial charge in [-0.05, 0) is 63.0 Å². The van der Waals surface area contributed by atoms with Crippen molar-refractivity contribution in [3.05, 3.63) is 65.7 Å². The van der Waals surface area contributed by atoms with Crippen LogP contribution in [-0.4, -0.2) is 76.8 Å². The number of carbonyl (C=O) groups excluding carboxylic acids is 1. The van der Waals surface area contributed by atoms with E-state index in [0.717, 1.165) is 37.0 Å². The summed E-state index contributed by atoms with van der Waals surface area (Å²) in [6.45, 7) is 1.83. The fraction of sp³-hybridized carbons (Fsp3) is 0.519. The summed E-state index contributed by atoms with van der Waals surface area (Å²) in [4.78, 5) is 20.0. The topological polar surface area (TPSA) is 53.1 Å². The van der Waals surface area contributed by atoms with E-state index in [1.165, 1.54) is 5.56 Å². The monoisotopic (exact) mass is 483 g/mol. The number of methoxy groups -OCH3 is 1. The van der Waals surface area contributed by atoms with Crippen LogP contribution in [0.2, 0.25) is 0 Å². The largest absolute Gasteiger partial charge is 0.497 e. The SMILES string of the molecule is COc1ccc(CN2CC3(CCC(c4ccccc4)(N(C)C)CC3)N(CCS(C)=O)C2=O)cc1. The molecule has 1 aliphatic heterocycles. The predicted molar refractivity (Wildman–Crippen MR) is 137 cm³/mol. The number of nitrogens with zero attached hydrogens (tertiary/aromatic N) is 3. The summed E-state index contributed by atoms with van der Waals surface area (Å²) in [6, 6.07) is 18.7. The van der Waals surface area contributed by atoms with Gasteiger partial charge in [0, 0.05) is 48.0 Å². The minimum atomic E-state index is -0.937.